The molecule has 1 aromatic heterocycles. The molecule has 0 aliphatic carbocycles. The molecule has 0 spiro atoms. The van der Waals surface area contributed by atoms with Crippen molar-refractivity contribution >= 4 is 0 Å². The Kier molecular flexibility index (Phi) is 5.25. The Labute approximate surface area is 142 Å². The van der Waals surface area contributed by atoms with Crippen molar-refractivity contribution in [2.75, 3.05) is 34.4 Å². The van der Waals surface area contributed by atoms with Crippen molar-refractivity contribution in [1.29, 1.82) is 0 Å². The zero-order valence-corrected chi connectivity index (χ0v) is 14.5. The van der Waals surface area contributed by atoms with Crippen LogP contribution >= 0.6 is 0 Å². The van der Waals surface area contributed by atoms with Gasteiger partial charge in [0.1, 0.15) is 0 Å². The zero-order chi connectivity index (χ0) is 16.9. The maximum atomic E-state index is 5.44. The Morgan fingerprint density at radius 2 is 1.75 bits per heavy atom. The highest BCUT2D eigenvalue weighted by Gasteiger charge is 2.22. The third kappa shape index (κ3) is 3.48. The second-order valence-corrected chi connectivity index (χ2v) is 6.10. The first-order valence-electron chi connectivity index (χ1n) is 8.25. The van der Waals surface area contributed by atoms with Gasteiger partial charge in [0.25, 0.3) is 0 Å². The first kappa shape index (κ1) is 16.6. The van der Waals surface area contributed by atoms with Crippen LogP contribution in [0.2, 0.25) is 0 Å². The number of ether oxygens (including phenoxy) is 3. The number of aromatic nitrogens is 2. The maximum Gasteiger partial charge on any atom is 0.203 e. The fraction of sp³-hybridized carbons (Fsp3) is 0.500. The normalized spacial score (nSPS) is 16.1. The van der Waals surface area contributed by atoms with Gasteiger partial charge in [0.15, 0.2) is 11.5 Å². The number of nitrogens with one attached hydrogen (secondary N) is 1. The lowest BCUT2D eigenvalue weighted by molar-refractivity contribution is 0.202. The molecule has 1 fully saturated rings. The van der Waals surface area contributed by atoms with E-state index in [0.717, 1.165) is 32.5 Å². The molecule has 1 N–H and O–H groups in total. The van der Waals surface area contributed by atoms with Gasteiger partial charge >= 0.3 is 0 Å². The zero-order valence-electron chi connectivity index (χ0n) is 14.5. The van der Waals surface area contributed by atoms with E-state index in [2.05, 4.69) is 21.2 Å². The minimum absolute atomic E-state index is 0.587. The van der Waals surface area contributed by atoms with Crippen LogP contribution in [0.1, 0.15) is 30.0 Å². The highest BCUT2D eigenvalue weighted by Crippen LogP contribution is 2.38. The second kappa shape index (κ2) is 7.57. The van der Waals surface area contributed by atoms with E-state index in [1.165, 1.54) is 11.3 Å². The largest absolute Gasteiger partial charge is 0.493 e. The van der Waals surface area contributed by atoms with E-state index in [1.807, 2.05) is 18.3 Å². The topological polar surface area (TPSA) is 59.6 Å². The summed E-state index contributed by atoms with van der Waals surface area (Å²) in [5.74, 6) is 2.64. The van der Waals surface area contributed by atoms with Crippen LogP contribution in [0.5, 0.6) is 17.2 Å². The molecule has 2 heterocycles. The number of hydrogen-bond donors (Lipinski definition) is 1. The standard InChI is InChI=1S/C18H25N3O3/c1-22-16-10-13(11-17(23-2)18(16)24-3)12-21-8-5-14(6-9-21)15-4-7-19-20-15/h4,7,10-11,14H,5-6,8-9,12H2,1-3H3,(H,19,20). The van der Waals surface area contributed by atoms with Crippen LogP contribution < -0.4 is 14.2 Å². The van der Waals surface area contributed by atoms with Gasteiger partial charge in [-0.05, 0) is 49.7 Å². The monoisotopic (exact) mass is 331 g/mol. The average molecular weight is 331 g/mol. The van der Waals surface area contributed by atoms with Gasteiger partial charge in [-0.15, -0.1) is 0 Å². The molecule has 0 atom stereocenters. The summed E-state index contributed by atoms with van der Waals surface area (Å²) in [7, 11) is 4.92. The van der Waals surface area contributed by atoms with E-state index in [9.17, 15) is 0 Å². The average Bonchev–Trinajstić information content (AvgIpc) is 3.16. The molecular formula is C18H25N3O3. The molecule has 0 radical (unpaired) electrons. The summed E-state index contributed by atoms with van der Waals surface area (Å²) < 4.78 is 16.3. The molecule has 130 valence electrons. The van der Waals surface area contributed by atoms with Gasteiger partial charge < -0.3 is 14.2 Å². The fourth-order valence-corrected chi connectivity index (χ4v) is 3.38. The third-order valence-electron chi connectivity index (χ3n) is 4.68. The van der Waals surface area contributed by atoms with Crippen LogP contribution in [0, 0.1) is 0 Å². The SMILES string of the molecule is COc1cc(CN2CCC(c3ccn[nH]3)CC2)cc(OC)c1OC. The van der Waals surface area contributed by atoms with Crippen LogP contribution in [0.3, 0.4) is 0 Å². The first-order valence-corrected chi connectivity index (χ1v) is 8.25. The van der Waals surface area contributed by atoms with Crippen LogP contribution in [0.25, 0.3) is 0 Å². The van der Waals surface area contributed by atoms with Crippen molar-refractivity contribution in [2.45, 2.75) is 25.3 Å². The van der Waals surface area contributed by atoms with E-state index in [-0.39, 0.29) is 0 Å². The Balaban J connectivity index is 1.66. The summed E-state index contributed by atoms with van der Waals surface area (Å²) >= 11 is 0. The summed E-state index contributed by atoms with van der Waals surface area (Å²) in [5.41, 5.74) is 2.42. The van der Waals surface area contributed by atoms with E-state index in [0.29, 0.717) is 23.2 Å². The maximum absolute atomic E-state index is 5.44. The number of benzene rings is 1. The number of likely N-dealkylation sites (tertiary alicyclic amines) is 1. The molecule has 0 unspecified atom stereocenters. The smallest absolute Gasteiger partial charge is 0.203 e. The molecule has 0 bridgehead atoms. The van der Waals surface area contributed by atoms with Gasteiger partial charge in [-0.25, -0.2) is 0 Å². The van der Waals surface area contributed by atoms with Gasteiger partial charge in [0, 0.05) is 24.4 Å². The van der Waals surface area contributed by atoms with E-state index >= 15 is 0 Å². The summed E-state index contributed by atoms with van der Waals surface area (Å²) in [4.78, 5) is 2.47. The Bertz CT molecular complexity index is 625. The lowest BCUT2D eigenvalue weighted by atomic mass is 9.93. The second-order valence-electron chi connectivity index (χ2n) is 6.10. The van der Waals surface area contributed by atoms with Crippen LogP contribution in [-0.2, 0) is 6.54 Å². The summed E-state index contributed by atoms with van der Waals surface area (Å²) in [5, 5.41) is 7.16. The fourth-order valence-electron chi connectivity index (χ4n) is 3.38. The predicted molar refractivity (Wildman–Crippen MR) is 91.9 cm³/mol. The minimum Gasteiger partial charge on any atom is -0.493 e. The first-order chi connectivity index (χ1) is 11.7. The van der Waals surface area contributed by atoms with Gasteiger partial charge in [-0.2, -0.15) is 5.10 Å². The number of nitrogens with zero attached hydrogens (tertiary/aromatic N) is 2. The van der Waals surface area contributed by atoms with Crippen molar-refractivity contribution in [3.05, 3.63) is 35.7 Å². The minimum atomic E-state index is 0.587. The molecule has 0 saturated carbocycles. The highest BCUT2D eigenvalue weighted by molar-refractivity contribution is 5.53. The van der Waals surface area contributed by atoms with E-state index in [4.69, 9.17) is 14.2 Å². The molecule has 1 aliphatic heterocycles. The number of piperidine rings is 1. The number of aromatic amines is 1. The molecule has 24 heavy (non-hydrogen) atoms. The number of methoxy groups -OCH3 is 3. The van der Waals surface area contributed by atoms with Crippen molar-refractivity contribution in [2.24, 2.45) is 0 Å². The lowest BCUT2D eigenvalue weighted by Gasteiger charge is -2.31. The molecule has 1 saturated heterocycles. The van der Waals surface area contributed by atoms with Crippen molar-refractivity contribution in [1.82, 2.24) is 15.1 Å². The summed E-state index contributed by atoms with van der Waals surface area (Å²) in [6, 6.07) is 6.14. The number of H-pyrrole nitrogens is 1. The highest BCUT2D eigenvalue weighted by atomic mass is 16.5. The molecular weight excluding hydrogens is 306 g/mol. The van der Waals surface area contributed by atoms with Crippen molar-refractivity contribution < 1.29 is 14.2 Å². The van der Waals surface area contributed by atoms with E-state index < -0.39 is 0 Å². The number of hydrogen-bond acceptors (Lipinski definition) is 5. The Hall–Kier alpha value is -2.21. The molecule has 1 aromatic carbocycles. The molecule has 0 amide bonds. The van der Waals surface area contributed by atoms with Gasteiger partial charge in [-0.3, -0.25) is 10.00 Å². The van der Waals surface area contributed by atoms with Crippen molar-refractivity contribution in [3.63, 3.8) is 0 Å². The molecule has 2 aromatic rings. The van der Waals surface area contributed by atoms with Crippen molar-refractivity contribution in [3.8, 4) is 17.2 Å². The number of rotatable bonds is 6. The quantitative estimate of drug-likeness (QED) is 0.882. The van der Waals surface area contributed by atoms with Crippen LogP contribution in [-0.4, -0.2) is 49.5 Å². The van der Waals surface area contributed by atoms with Crippen LogP contribution in [0.15, 0.2) is 24.4 Å². The van der Waals surface area contributed by atoms with Gasteiger partial charge in [0.2, 0.25) is 5.75 Å². The molecule has 6 heteroatoms. The molecule has 1 aliphatic rings. The molecule has 3 rings (SSSR count). The predicted octanol–water partition coefficient (Wildman–Crippen LogP) is 2.82. The summed E-state index contributed by atoms with van der Waals surface area (Å²) in [6.45, 7) is 3.02. The Morgan fingerprint density at radius 3 is 2.25 bits per heavy atom. The third-order valence-corrected chi connectivity index (χ3v) is 4.68. The van der Waals surface area contributed by atoms with Crippen LogP contribution in [0.4, 0.5) is 0 Å². The molecule has 6 nitrogen and oxygen atoms in total. The Morgan fingerprint density at radius 1 is 1.08 bits per heavy atom. The van der Waals surface area contributed by atoms with Gasteiger partial charge in [0.05, 0.1) is 21.3 Å². The van der Waals surface area contributed by atoms with E-state index in [1.54, 1.807) is 21.3 Å². The lowest BCUT2D eigenvalue weighted by Crippen LogP contribution is -2.32. The summed E-state index contributed by atoms with van der Waals surface area (Å²) in [6.07, 6.45) is 4.12. The van der Waals surface area contributed by atoms with Gasteiger partial charge in [-0.1, -0.05) is 0 Å².